The molecule has 1 amide bonds. The Kier molecular flexibility index (Phi) is 6.45. The van der Waals surface area contributed by atoms with Crippen LogP contribution in [0.15, 0.2) is 0 Å². The average Bonchev–Trinajstić information content (AvgIpc) is 3.30. The van der Waals surface area contributed by atoms with Crippen LogP contribution in [-0.4, -0.2) is 73.2 Å². The van der Waals surface area contributed by atoms with Crippen molar-refractivity contribution >= 4 is 5.91 Å². The van der Waals surface area contributed by atoms with Gasteiger partial charge in [-0.05, 0) is 33.1 Å². The van der Waals surface area contributed by atoms with Gasteiger partial charge in [-0.1, -0.05) is 6.92 Å². The number of nitrogens with one attached hydrogen (secondary N) is 1. The molecule has 2 atom stereocenters. The molecule has 2 aliphatic rings. The van der Waals surface area contributed by atoms with Crippen LogP contribution in [0.5, 0.6) is 0 Å². The molecule has 5 heteroatoms. The zero-order chi connectivity index (χ0) is 15.2. The molecule has 122 valence electrons. The fraction of sp³-hybridized carbons (Fsp3) is 0.938. The van der Waals surface area contributed by atoms with Crippen LogP contribution in [0.1, 0.15) is 40.0 Å². The number of nitrogens with zero attached hydrogens (tertiary/aromatic N) is 2. The van der Waals surface area contributed by atoms with Crippen LogP contribution in [0.2, 0.25) is 0 Å². The molecule has 0 radical (unpaired) electrons. The van der Waals surface area contributed by atoms with Crippen LogP contribution in [-0.2, 0) is 9.53 Å². The first-order valence-corrected chi connectivity index (χ1v) is 8.51. The van der Waals surface area contributed by atoms with Gasteiger partial charge in [0.05, 0.1) is 12.6 Å². The average molecular weight is 297 g/mol. The molecule has 0 aromatic carbocycles. The monoisotopic (exact) mass is 297 g/mol. The summed E-state index contributed by atoms with van der Waals surface area (Å²) in [5.41, 5.74) is 0. The lowest BCUT2D eigenvalue weighted by molar-refractivity contribution is -0.127. The summed E-state index contributed by atoms with van der Waals surface area (Å²) in [5.74, 6) is 0.204. The molecule has 0 unspecified atom stereocenters. The SMILES string of the molecule is CCOCCN1CCN([C@H](C)C(=O)NC2CC2)C[C@H]1CC. The normalized spacial score (nSPS) is 25.8. The Morgan fingerprint density at radius 1 is 1.33 bits per heavy atom. The first-order valence-electron chi connectivity index (χ1n) is 8.51. The molecule has 1 aliphatic carbocycles. The fourth-order valence-electron chi connectivity index (χ4n) is 2.99. The van der Waals surface area contributed by atoms with E-state index in [-0.39, 0.29) is 11.9 Å². The zero-order valence-corrected chi connectivity index (χ0v) is 13.8. The molecule has 0 bridgehead atoms. The third-order valence-electron chi connectivity index (χ3n) is 4.69. The molecule has 2 rings (SSSR count). The molecule has 1 heterocycles. The van der Waals surface area contributed by atoms with Crippen molar-refractivity contribution in [2.24, 2.45) is 0 Å². The van der Waals surface area contributed by atoms with E-state index in [0.29, 0.717) is 12.1 Å². The number of amides is 1. The number of rotatable bonds is 8. The first-order chi connectivity index (χ1) is 10.2. The summed E-state index contributed by atoms with van der Waals surface area (Å²) >= 11 is 0. The number of hydrogen-bond acceptors (Lipinski definition) is 4. The van der Waals surface area contributed by atoms with Crippen molar-refractivity contribution in [3.8, 4) is 0 Å². The Hall–Kier alpha value is -0.650. The van der Waals surface area contributed by atoms with Gasteiger partial charge in [-0.25, -0.2) is 0 Å². The minimum Gasteiger partial charge on any atom is -0.380 e. The maximum Gasteiger partial charge on any atom is 0.237 e. The predicted molar refractivity (Wildman–Crippen MR) is 84.3 cm³/mol. The van der Waals surface area contributed by atoms with Crippen LogP contribution in [0.3, 0.4) is 0 Å². The maximum atomic E-state index is 12.2. The van der Waals surface area contributed by atoms with Gasteiger partial charge in [-0.2, -0.15) is 0 Å². The lowest BCUT2D eigenvalue weighted by Gasteiger charge is -2.43. The summed E-state index contributed by atoms with van der Waals surface area (Å²) in [4.78, 5) is 17.0. The lowest BCUT2D eigenvalue weighted by Crippen LogP contribution is -2.58. The highest BCUT2D eigenvalue weighted by Crippen LogP contribution is 2.20. The van der Waals surface area contributed by atoms with Crippen molar-refractivity contribution in [3.63, 3.8) is 0 Å². The number of carbonyl (C=O) groups excluding carboxylic acids is 1. The molecule has 1 N–H and O–H groups in total. The Balaban J connectivity index is 1.79. The van der Waals surface area contributed by atoms with Gasteiger partial charge in [0.1, 0.15) is 0 Å². The Labute approximate surface area is 129 Å². The largest absolute Gasteiger partial charge is 0.380 e. The van der Waals surface area contributed by atoms with Gasteiger partial charge in [0.25, 0.3) is 0 Å². The van der Waals surface area contributed by atoms with E-state index < -0.39 is 0 Å². The van der Waals surface area contributed by atoms with Crippen LogP contribution < -0.4 is 5.32 Å². The molecule has 1 saturated carbocycles. The highest BCUT2D eigenvalue weighted by atomic mass is 16.5. The van der Waals surface area contributed by atoms with Gasteiger partial charge >= 0.3 is 0 Å². The second kappa shape index (κ2) is 8.11. The minimum absolute atomic E-state index is 0.00584. The summed E-state index contributed by atoms with van der Waals surface area (Å²) in [5, 5.41) is 3.12. The highest BCUT2D eigenvalue weighted by molar-refractivity contribution is 5.81. The molecule has 2 fully saturated rings. The van der Waals surface area contributed by atoms with E-state index in [1.807, 2.05) is 13.8 Å². The van der Waals surface area contributed by atoms with E-state index in [2.05, 4.69) is 22.0 Å². The molecular formula is C16H31N3O2. The highest BCUT2D eigenvalue weighted by Gasteiger charge is 2.32. The van der Waals surface area contributed by atoms with Crippen molar-refractivity contribution in [2.75, 3.05) is 39.4 Å². The van der Waals surface area contributed by atoms with Gasteiger partial charge in [0.2, 0.25) is 5.91 Å². The molecule has 0 spiro atoms. The van der Waals surface area contributed by atoms with Crippen molar-refractivity contribution < 1.29 is 9.53 Å². The molecule has 5 nitrogen and oxygen atoms in total. The Morgan fingerprint density at radius 2 is 2.10 bits per heavy atom. The maximum absolute atomic E-state index is 12.2. The molecule has 21 heavy (non-hydrogen) atoms. The number of ether oxygens (including phenoxy) is 1. The zero-order valence-electron chi connectivity index (χ0n) is 13.8. The Bertz CT molecular complexity index is 333. The minimum atomic E-state index is -0.00584. The summed E-state index contributed by atoms with van der Waals surface area (Å²) in [6, 6.07) is 0.985. The van der Waals surface area contributed by atoms with Crippen molar-refractivity contribution in [1.82, 2.24) is 15.1 Å². The van der Waals surface area contributed by atoms with E-state index in [1.54, 1.807) is 0 Å². The number of carbonyl (C=O) groups is 1. The van der Waals surface area contributed by atoms with Crippen LogP contribution in [0, 0.1) is 0 Å². The number of piperazine rings is 1. The third-order valence-corrected chi connectivity index (χ3v) is 4.69. The van der Waals surface area contributed by atoms with Crippen LogP contribution >= 0.6 is 0 Å². The van der Waals surface area contributed by atoms with E-state index in [4.69, 9.17) is 4.74 Å². The van der Waals surface area contributed by atoms with Crippen molar-refractivity contribution in [3.05, 3.63) is 0 Å². The molecule has 0 aromatic rings. The van der Waals surface area contributed by atoms with Crippen molar-refractivity contribution in [2.45, 2.75) is 58.2 Å². The second-order valence-corrected chi connectivity index (χ2v) is 6.25. The van der Waals surface area contributed by atoms with E-state index >= 15 is 0 Å². The first kappa shape index (κ1) is 16.7. The second-order valence-electron chi connectivity index (χ2n) is 6.25. The van der Waals surface area contributed by atoms with Crippen LogP contribution in [0.25, 0.3) is 0 Å². The summed E-state index contributed by atoms with van der Waals surface area (Å²) < 4.78 is 5.47. The molecule has 0 aromatic heterocycles. The van der Waals surface area contributed by atoms with Crippen LogP contribution in [0.4, 0.5) is 0 Å². The van der Waals surface area contributed by atoms with Gasteiger partial charge in [-0.3, -0.25) is 14.6 Å². The molecule has 1 saturated heterocycles. The smallest absolute Gasteiger partial charge is 0.237 e. The molecule has 1 aliphatic heterocycles. The summed E-state index contributed by atoms with van der Waals surface area (Å²) in [7, 11) is 0. The summed E-state index contributed by atoms with van der Waals surface area (Å²) in [6.45, 7) is 11.9. The van der Waals surface area contributed by atoms with E-state index in [9.17, 15) is 4.79 Å². The van der Waals surface area contributed by atoms with Gasteiger partial charge < -0.3 is 10.1 Å². The lowest BCUT2D eigenvalue weighted by atomic mass is 10.1. The number of hydrogen-bond donors (Lipinski definition) is 1. The predicted octanol–water partition coefficient (Wildman–Crippen LogP) is 1.09. The van der Waals surface area contributed by atoms with Crippen molar-refractivity contribution in [1.29, 1.82) is 0 Å². The summed E-state index contributed by atoms with van der Waals surface area (Å²) in [6.07, 6.45) is 3.43. The standard InChI is InChI=1S/C16H31N3O2/c1-4-15-12-19(9-8-18(15)10-11-21-5-2)13(3)16(20)17-14-6-7-14/h13-15H,4-12H2,1-3H3,(H,17,20)/t13-,15-/m1/s1. The van der Waals surface area contributed by atoms with Gasteiger partial charge in [0, 0.05) is 44.9 Å². The topological polar surface area (TPSA) is 44.8 Å². The molecular weight excluding hydrogens is 266 g/mol. The quantitative estimate of drug-likeness (QED) is 0.681. The van der Waals surface area contributed by atoms with E-state index in [0.717, 1.165) is 58.7 Å². The van der Waals surface area contributed by atoms with Gasteiger partial charge in [-0.15, -0.1) is 0 Å². The third kappa shape index (κ3) is 4.94. The van der Waals surface area contributed by atoms with E-state index in [1.165, 1.54) is 0 Å². The Morgan fingerprint density at radius 3 is 2.71 bits per heavy atom. The fourth-order valence-corrected chi connectivity index (χ4v) is 2.99. The van der Waals surface area contributed by atoms with Gasteiger partial charge in [0.15, 0.2) is 0 Å².